The highest BCUT2D eigenvalue weighted by molar-refractivity contribution is 5.41. The van der Waals surface area contributed by atoms with Crippen molar-refractivity contribution in [2.45, 2.75) is 25.9 Å². The number of phenols is 2. The van der Waals surface area contributed by atoms with Crippen LogP contribution < -0.4 is 5.32 Å². The van der Waals surface area contributed by atoms with Crippen LogP contribution in [0.15, 0.2) is 18.2 Å². The fraction of sp³-hybridized carbons (Fsp3) is 0.500. The van der Waals surface area contributed by atoms with E-state index >= 15 is 0 Å². The monoisotopic (exact) mass is 225 g/mol. The average molecular weight is 225 g/mol. The number of hydrogen-bond acceptors (Lipinski definition) is 4. The molecule has 0 heterocycles. The molecule has 0 aliphatic carbocycles. The molecule has 0 aliphatic heterocycles. The lowest BCUT2D eigenvalue weighted by Gasteiger charge is -2.21. The number of hydrogen-bond donors (Lipinski definition) is 3. The molecule has 0 bridgehead atoms. The second-order valence-corrected chi connectivity index (χ2v) is 4.08. The predicted molar refractivity (Wildman–Crippen MR) is 62.7 cm³/mol. The van der Waals surface area contributed by atoms with E-state index in [9.17, 15) is 10.2 Å². The van der Waals surface area contributed by atoms with Gasteiger partial charge in [0, 0.05) is 13.2 Å². The van der Waals surface area contributed by atoms with Gasteiger partial charge in [0.05, 0.1) is 12.6 Å². The van der Waals surface area contributed by atoms with E-state index in [1.54, 1.807) is 19.2 Å². The Kier molecular flexibility index (Phi) is 4.58. The summed E-state index contributed by atoms with van der Waals surface area (Å²) in [5.74, 6) is -0.214. The Hall–Kier alpha value is -1.26. The largest absolute Gasteiger partial charge is 0.504 e. The van der Waals surface area contributed by atoms with Gasteiger partial charge in [-0.05, 0) is 17.7 Å². The van der Waals surface area contributed by atoms with Gasteiger partial charge in [-0.15, -0.1) is 0 Å². The summed E-state index contributed by atoms with van der Waals surface area (Å²) in [6, 6.07) is 5.13. The molecule has 0 radical (unpaired) electrons. The smallest absolute Gasteiger partial charge is 0.157 e. The molecule has 1 atom stereocenters. The van der Waals surface area contributed by atoms with Gasteiger partial charge >= 0.3 is 0 Å². The number of nitrogens with one attached hydrogen (secondary N) is 1. The van der Waals surface area contributed by atoms with E-state index in [0.29, 0.717) is 12.6 Å². The van der Waals surface area contributed by atoms with E-state index in [1.165, 1.54) is 6.07 Å². The summed E-state index contributed by atoms with van der Waals surface area (Å²) in [5.41, 5.74) is 0.894. The van der Waals surface area contributed by atoms with Gasteiger partial charge in [0.25, 0.3) is 0 Å². The highest BCUT2D eigenvalue weighted by atomic mass is 16.5. The summed E-state index contributed by atoms with van der Waals surface area (Å²) in [7, 11) is 1.63. The van der Waals surface area contributed by atoms with E-state index in [4.69, 9.17) is 4.74 Å². The zero-order valence-corrected chi connectivity index (χ0v) is 9.90. The molecule has 3 N–H and O–H groups in total. The van der Waals surface area contributed by atoms with Crippen molar-refractivity contribution in [3.8, 4) is 11.5 Å². The van der Waals surface area contributed by atoms with Gasteiger partial charge in [-0.1, -0.05) is 19.9 Å². The second-order valence-electron chi connectivity index (χ2n) is 4.08. The predicted octanol–water partition coefficient (Wildman–Crippen LogP) is 1.78. The molecule has 1 rings (SSSR count). The molecule has 4 nitrogen and oxygen atoms in total. The Bertz CT molecular complexity index is 339. The molecule has 0 aliphatic rings. The van der Waals surface area contributed by atoms with Crippen LogP contribution in [-0.4, -0.2) is 30.0 Å². The van der Waals surface area contributed by atoms with Crippen molar-refractivity contribution in [3.63, 3.8) is 0 Å². The molecule has 1 unspecified atom stereocenters. The Balaban J connectivity index is 2.87. The zero-order chi connectivity index (χ0) is 12.1. The number of ether oxygens (including phenoxy) is 1. The van der Waals surface area contributed by atoms with Crippen molar-refractivity contribution in [2.24, 2.45) is 0 Å². The molecular formula is C12H19NO3. The minimum Gasteiger partial charge on any atom is -0.504 e. The van der Waals surface area contributed by atoms with Crippen LogP contribution in [0.4, 0.5) is 0 Å². The summed E-state index contributed by atoms with van der Waals surface area (Å²) in [4.78, 5) is 0. The van der Waals surface area contributed by atoms with Gasteiger partial charge in [-0.2, -0.15) is 0 Å². The molecule has 16 heavy (non-hydrogen) atoms. The third kappa shape index (κ3) is 3.40. The molecular weight excluding hydrogens is 206 g/mol. The fourth-order valence-corrected chi connectivity index (χ4v) is 1.57. The molecule has 0 spiro atoms. The number of methoxy groups -OCH3 is 1. The van der Waals surface area contributed by atoms with E-state index in [-0.39, 0.29) is 17.5 Å². The molecule has 1 aromatic rings. The molecule has 0 saturated carbocycles. The van der Waals surface area contributed by atoms with E-state index < -0.39 is 0 Å². The number of rotatable bonds is 5. The summed E-state index contributed by atoms with van der Waals surface area (Å²) in [6.07, 6.45) is 0. The van der Waals surface area contributed by atoms with E-state index in [1.807, 2.05) is 13.8 Å². The first-order chi connectivity index (χ1) is 7.54. The van der Waals surface area contributed by atoms with Crippen molar-refractivity contribution in [2.75, 3.05) is 13.7 Å². The minimum absolute atomic E-state index is 0.0106. The lowest BCUT2D eigenvalue weighted by molar-refractivity contribution is 0.163. The zero-order valence-electron chi connectivity index (χ0n) is 9.90. The van der Waals surface area contributed by atoms with Crippen molar-refractivity contribution in [1.29, 1.82) is 0 Å². The van der Waals surface area contributed by atoms with Crippen LogP contribution in [0.25, 0.3) is 0 Å². The Morgan fingerprint density at radius 3 is 2.44 bits per heavy atom. The topological polar surface area (TPSA) is 61.7 Å². The minimum atomic E-state index is -0.107. The first kappa shape index (κ1) is 12.8. The first-order valence-electron chi connectivity index (χ1n) is 5.31. The van der Waals surface area contributed by atoms with Crippen LogP contribution in [0.3, 0.4) is 0 Å². The average Bonchev–Trinajstić information content (AvgIpc) is 2.21. The highest BCUT2D eigenvalue weighted by Gasteiger charge is 2.13. The van der Waals surface area contributed by atoms with Crippen LogP contribution in [0.2, 0.25) is 0 Å². The van der Waals surface area contributed by atoms with Crippen molar-refractivity contribution < 1.29 is 14.9 Å². The molecule has 90 valence electrons. The standard InChI is InChI=1S/C12H19NO3/c1-8(2)13-10(7-16-3)9-4-5-11(14)12(15)6-9/h4-6,8,10,13-15H,7H2,1-3H3. The molecule has 0 amide bonds. The Labute approximate surface area is 95.9 Å². The van der Waals surface area contributed by atoms with Crippen molar-refractivity contribution in [3.05, 3.63) is 23.8 Å². The van der Waals surface area contributed by atoms with Gasteiger partial charge in [0.15, 0.2) is 11.5 Å². The maximum absolute atomic E-state index is 9.43. The Morgan fingerprint density at radius 2 is 1.94 bits per heavy atom. The lowest BCUT2D eigenvalue weighted by atomic mass is 10.1. The van der Waals surface area contributed by atoms with Crippen molar-refractivity contribution in [1.82, 2.24) is 5.32 Å². The summed E-state index contributed by atoms with van der Waals surface area (Å²) < 4.78 is 5.12. The SMILES string of the molecule is COCC(NC(C)C)c1ccc(O)c(O)c1. The Morgan fingerprint density at radius 1 is 1.25 bits per heavy atom. The molecule has 1 aromatic carbocycles. The van der Waals surface area contributed by atoms with Gasteiger partial charge in [0.1, 0.15) is 0 Å². The van der Waals surface area contributed by atoms with E-state index in [2.05, 4.69) is 5.32 Å². The quantitative estimate of drug-likeness (QED) is 0.668. The van der Waals surface area contributed by atoms with Crippen LogP contribution >= 0.6 is 0 Å². The number of phenolic OH excluding ortho intramolecular Hbond substituents is 2. The molecule has 0 fully saturated rings. The van der Waals surface area contributed by atoms with Gasteiger partial charge in [0.2, 0.25) is 0 Å². The van der Waals surface area contributed by atoms with Crippen LogP contribution in [0.5, 0.6) is 11.5 Å². The normalized spacial score (nSPS) is 13.0. The van der Waals surface area contributed by atoms with Crippen LogP contribution in [0, 0.1) is 0 Å². The van der Waals surface area contributed by atoms with Crippen molar-refractivity contribution >= 4 is 0 Å². The number of aromatic hydroxyl groups is 2. The molecule has 0 aromatic heterocycles. The third-order valence-corrected chi connectivity index (χ3v) is 2.27. The van der Waals surface area contributed by atoms with Gasteiger partial charge in [-0.25, -0.2) is 0 Å². The van der Waals surface area contributed by atoms with E-state index in [0.717, 1.165) is 5.56 Å². The summed E-state index contributed by atoms with van der Waals surface area (Å²) in [6.45, 7) is 4.61. The van der Waals surface area contributed by atoms with Crippen LogP contribution in [-0.2, 0) is 4.74 Å². The summed E-state index contributed by atoms with van der Waals surface area (Å²) in [5, 5.41) is 22.0. The lowest BCUT2D eigenvalue weighted by Crippen LogP contribution is -2.31. The number of benzene rings is 1. The first-order valence-corrected chi connectivity index (χ1v) is 5.31. The third-order valence-electron chi connectivity index (χ3n) is 2.27. The fourth-order valence-electron chi connectivity index (χ4n) is 1.57. The van der Waals surface area contributed by atoms with Crippen LogP contribution in [0.1, 0.15) is 25.5 Å². The molecule has 4 heteroatoms. The molecule has 0 saturated heterocycles. The van der Waals surface area contributed by atoms with Gasteiger partial charge < -0.3 is 20.3 Å². The maximum atomic E-state index is 9.43. The maximum Gasteiger partial charge on any atom is 0.157 e. The highest BCUT2D eigenvalue weighted by Crippen LogP contribution is 2.28. The summed E-state index contributed by atoms with van der Waals surface area (Å²) >= 11 is 0. The van der Waals surface area contributed by atoms with Gasteiger partial charge in [-0.3, -0.25) is 0 Å². The second kappa shape index (κ2) is 5.72.